The van der Waals surface area contributed by atoms with Gasteiger partial charge in [-0.25, -0.2) is 4.79 Å². The predicted molar refractivity (Wildman–Crippen MR) is 70.6 cm³/mol. The molecule has 2 amide bonds. The molecule has 2 rings (SSSR count). The van der Waals surface area contributed by atoms with Crippen molar-refractivity contribution in [2.24, 2.45) is 11.8 Å². The van der Waals surface area contributed by atoms with Gasteiger partial charge >= 0.3 is 18.0 Å². The van der Waals surface area contributed by atoms with Gasteiger partial charge in [-0.2, -0.15) is 0 Å². The first kappa shape index (κ1) is 15.6. The third-order valence-corrected chi connectivity index (χ3v) is 3.95. The number of hydrogen-bond acceptors (Lipinski definition) is 5. The number of urea groups is 1. The van der Waals surface area contributed by atoms with Crippen LogP contribution in [0.4, 0.5) is 4.79 Å². The van der Waals surface area contributed by atoms with Gasteiger partial charge in [0.05, 0.1) is 32.3 Å². The minimum absolute atomic E-state index is 0.102. The van der Waals surface area contributed by atoms with Crippen LogP contribution in [0.15, 0.2) is 0 Å². The first-order chi connectivity index (χ1) is 10.0. The summed E-state index contributed by atoms with van der Waals surface area (Å²) < 4.78 is 9.81. The number of carboxylic acid groups (broad SMARTS) is 1. The van der Waals surface area contributed by atoms with E-state index in [2.05, 4.69) is 5.32 Å². The summed E-state index contributed by atoms with van der Waals surface area (Å²) >= 11 is 0. The van der Waals surface area contributed by atoms with E-state index >= 15 is 0 Å². The molecular formula is C13H20N2O6. The van der Waals surface area contributed by atoms with Gasteiger partial charge in [0, 0.05) is 13.1 Å². The van der Waals surface area contributed by atoms with Gasteiger partial charge in [-0.05, 0) is 12.8 Å². The van der Waals surface area contributed by atoms with Crippen molar-refractivity contribution in [1.29, 1.82) is 0 Å². The van der Waals surface area contributed by atoms with E-state index in [-0.39, 0.29) is 31.1 Å². The zero-order chi connectivity index (χ0) is 15.4. The zero-order valence-corrected chi connectivity index (χ0v) is 11.9. The van der Waals surface area contributed by atoms with E-state index in [1.807, 2.05) is 0 Å². The summed E-state index contributed by atoms with van der Waals surface area (Å²) in [6.07, 6.45) is 1.41. The van der Waals surface area contributed by atoms with Gasteiger partial charge < -0.3 is 24.8 Å². The summed E-state index contributed by atoms with van der Waals surface area (Å²) in [6, 6.07) is -0.890. The molecule has 8 heteroatoms. The number of likely N-dealkylation sites (tertiary alicyclic amines) is 1. The number of amides is 2. The van der Waals surface area contributed by atoms with Crippen molar-refractivity contribution in [1.82, 2.24) is 10.2 Å². The van der Waals surface area contributed by atoms with Gasteiger partial charge in [0.2, 0.25) is 0 Å². The molecule has 2 aliphatic rings. The second-order valence-corrected chi connectivity index (χ2v) is 5.35. The van der Waals surface area contributed by atoms with E-state index in [0.717, 1.165) is 6.42 Å². The standard InChI is InChI=1S/C13H20N2O6/c1-20-12(18)8-3-2-4-15(5-8)13(19)14-10-7-21-6-9(10)11(16)17/h8-10H,2-7H2,1H3,(H,14,19)(H,16,17). The molecule has 0 bridgehead atoms. The summed E-state index contributed by atoms with van der Waals surface area (Å²) in [5.74, 6) is -2.34. The highest BCUT2D eigenvalue weighted by atomic mass is 16.5. The van der Waals surface area contributed by atoms with Crippen LogP contribution < -0.4 is 5.32 Å². The molecule has 0 radical (unpaired) electrons. The van der Waals surface area contributed by atoms with Crippen LogP contribution in [0.25, 0.3) is 0 Å². The maximum Gasteiger partial charge on any atom is 0.317 e. The largest absolute Gasteiger partial charge is 0.481 e. The van der Waals surface area contributed by atoms with Crippen LogP contribution in [0.2, 0.25) is 0 Å². The number of rotatable bonds is 3. The molecule has 0 aliphatic carbocycles. The number of nitrogens with one attached hydrogen (secondary N) is 1. The van der Waals surface area contributed by atoms with E-state index in [9.17, 15) is 14.4 Å². The average molecular weight is 300 g/mol. The number of ether oxygens (including phenoxy) is 2. The van der Waals surface area contributed by atoms with Crippen molar-refractivity contribution >= 4 is 18.0 Å². The van der Waals surface area contributed by atoms with E-state index in [1.54, 1.807) is 0 Å². The molecule has 118 valence electrons. The van der Waals surface area contributed by atoms with E-state index in [0.29, 0.717) is 19.5 Å². The summed E-state index contributed by atoms with van der Waals surface area (Å²) in [6.45, 7) is 1.14. The highest BCUT2D eigenvalue weighted by Gasteiger charge is 2.37. The Hall–Kier alpha value is -1.83. The average Bonchev–Trinajstić information content (AvgIpc) is 2.94. The topological polar surface area (TPSA) is 105 Å². The van der Waals surface area contributed by atoms with Crippen molar-refractivity contribution < 1.29 is 29.0 Å². The first-order valence-corrected chi connectivity index (χ1v) is 6.96. The molecule has 0 aromatic rings. The van der Waals surface area contributed by atoms with Gasteiger partial charge in [0.15, 0.2) is 0 Å². The molecule has 8 nitrogen and oxygen atoms in total. The van der Waals surface area contributed by atoms with Crippen LogP contribution >= 0.6 is 0 Å². The smallest absolute Gasteiger partial charge is 0.317 e. The zero-order valence-electron chi connectivity index (χ0n) is 11.9. The Labute approximate surface area is 122 Å². The molecule has 2 heterocycles. The van der Waals surface area contributed by atoms with Crippen molar-refractivity contribution in [3.8, 4) is 0 Å². The molecule has 3 unspecified atom stereocenters. The highest BCUT2D eigenvalue weighted by Crippen LogP contribution is 2.19. The van der Waals surface area contributed by atoms with E-state index in [1.165, 1.54) is 12.0 Å². The fourth-order valence-electron chi connectivity index (χ4n) is 2.71. The normalized spacial score (nSPS) is 29.0. The van der Waals surface area contributed by atoms with Crippen LogP contribution in [0.3, 0.4) is 0 Å². The first-order valence-electron chi connectivity index (χ1n) is 6.96. The second kappa shape index (κ2) is 6.75. The van der Waals surface area contributed by atoms with Gasteiger partial charge in [0.25, 0.3) is 0 Å². The summed E-state index contributed by atoms with van der Waals surface area (Å²) in [5, 5.41) is 11.7. The highest BCUT2D eigenvalue weighted by molar-refractivity contribution is 5.79. The second-order valence-electron chi connectivity index (χ2n) is 5.35. The molecule has 0 aromatic carbocycles. The lowest BCUT2D eigenvalue weighted by molar-refractivity contribution is -0.146. The minimum atomic E-state index is -0.983. The monoisotopic (exact) mass is 300 g/mol. The van der Waals surface area contributed by atoms with Gasteiger partial charge in [-0.15, -0.1) is 0 Å². The molecule has 2 N–H and O–H groups in total. The maximum atomic E-state index is 12.2. The Morgan fingerprint density at radius 3 is 2.76 bits per heavy atom. The van der Waals surface area contributed by atoms with Crippen LogP contribution in [-0.2, 0) is 19.1 Å². The van der Waals surface area contributed by atoms with E-state index in [4.69, 9.17) is 14.6 Å². The molecular weight excluding hydrogens is 280 g/mol. The van der Waals surface area contributed by atoms with Crippen LogP contribution in [0.1, 0.15) is 12.8 Å². The SMILES string of the molecule is COC(=O)C1CCCN(C(=O)NC2COCC2C(=O)O)C1. The van der Waals surface area contributed by atoms with Crippen LogP contribution in [0, 0.1) is 11.8 Å². The number of methoxy groups -OCH3 is 1. The lowest BCUT2D eigenvalue weighted by Gasteiger charge is -2.32. The number of piperidine rings is 1. The van der Waals surface area contributed by atoms with E-state index < -0.39 is 17.9 Å². The van der Waals surface area contributed by atoms with Crippen molar-refractivity contribution in [2.45, 2.75) is 18.9 Å². The summed E-state index contributed by atoms with van der Waals surface area (Å²) in [5.41, 5.74) is 0. The number of carbonyl (C=O) groups excluding carboxylic acids is 2. The minimum Gasteiger partial charge on any atom is -0.481 e. The molecule has 2 fully saturated rings. The van der Waals surface area contributed by atoms with Gasteiger partial charge in [0.1, 0.15) is 5.92 Å². The Morgan fingerprint density at radius 1 is 1.33 bits per heavy atom. The molecule has 0 aromatic heterocycles. The molecule has 3 atom stereocenters. The summed E-state index contributed by atoms with van der Waals surface area (Å²) in [7, 11) is 1.33. The van der Waals surface area contributed by atoms with Crippen LogP contribution in [0.5, 0.6) is 0 Å². The lowest BCUT2D eigenvalue weighted by Crippen LogP contribution is -2.52. The van der Waals surface area contributed by atoms with Gasteiger partial charge in [-0.1, -0.05) is 0 Å². The Bertz CT molecular complexity index is 427. The maximum absolute atomic E-state index is 12.2. The van der Waals surface area contributed by atoms with Crippen molar-refractivity contribution in [2.75, 3.05) is 33.4 Å². The Kier molecular flexibility index (Phi) is 5.00. The molecule has 2 saturated heterocycles. The number of nitrogens with zero attached hydrogens (tertiary/aromatic N) is 1. The third kappa shape index (κ3) is 3.63. The van der Waals surface area contributed by atoms with Crippen molar-refractivity contribution in [3.63, 3.8) is 0 Å². The third-order valence-electron chi connectivity index (χ3n) is 3.95. The predicted octanol–water partition coefficient (Wildman–Crippen LogP) is -0.319. The molecule has 0 saturated carbocycles. The fourth-order valence-corrected chi connectivity index (χ4v) is 2.71. The van der Waals surface area contributed by atoms with Gasteiger partial charge in [-0.3, -0.25) is 9.59 Å². The number of hydrogen-bond donors (Lipinski definition) is 2. The fraction of sp³-hybridized carbons (Fsp3) is 0.769. The number of esters is 1. The lowest BCUT2D eigenvalue weighted by atomic mass is 9.98. The Balaban J connectivity index is 1.90. The molecule has 2 aliphatic heterocycles. The molecule has 21 heavy (non-hydrogen) atoms. The van der Waals surface area contributed by atoms with Crippen LogP contribution in [-0.4, -0.2) is 67.4 Å². The Morgan fingerprint density at radius 2 is 2.10 bits per heavy atom. The molecule has 0 spiro atoms. The number of aliphatic carboxylic acids is 1. The number of carbonyl (C=O) groups is 3. The number of carboxylic acids is 1. The van der Waals surface area contributed by atoms with Crippen molar-refractivity contribution in [3.05, 3.63) is 0 Å². The summed E-state index contributed by atoms with van der Waals surface area (Å²) in [4.78, 5) is 36.3. The quantitative estimate of drug-likeness (QED) is 0.692.